The first-order chi connectivity index (χ1) is 9.25. The summed E-state index contributed by atoms with van der Waals surface area (Å²) < 4.78 is 0.934. The maximum Gasteiger partial charge on any atom is 0.0568 e. The van der Waals surface area contributed by atoms with E-state index in [2.05, 4.69) is 51.6 Å². The van der Waals surface area contributed by atoms with Crippen LogP contribution >= 0.6 is 27.5 Å². The van der Waals surface area contributed by atoms with E-state index in [9.17, 15) is 0 Å². The standard InChI is InChI=1S/C16H17BrClN/c17-15-10-9-14(12-16(15)18)19-11-5-4-8-13-6-2-1-3-7-13/h1-3,6-7,9-10,12,19H,4-5,8,11H2. The van der Waals surface area contributed by atoms with Crippen molar-refractivity contribution in [3.05, 3.63) is 63.6 Å². The highest BCUT2D eigenvalue weighted by Crippen LogP contribution is 2.25. The van der Waals surface area contributed by atoms with E-state index in [0.717, 1.165) is 34.6 Å². The molecule has 100 valence electrons. The van der Waals surface area contributed by atoms with Crippen molar-refractivity contribution in [1.82, 2.24) is 0 Å². The van der Waals surface area contributed by atoms with Gasteiger partial charge < -0.3 is 5.32 Å². The number of hydrogen-bond donors (Lipinski definition) is 1. The zero-order valence-corrected chi connectivity index (χ0v) is 13.0. The minimum atomic E-state index is 0.745. The molecule has 3 heteroatoms. The Morgan fingerprint density at radius 1 is 1.00 bits per heavy atom. The second kappa shape index (κ2) is 7.56. The minimum Gasteiger partial charge on any atom is -0.385 e. The summed E-state index contributed by atoms with van der Waals surface area (Å²) in [6.45, 7) is 0.977. The van der Waals surface area contributed by atoms with Crippen LogP contribution in [0.5, 0.6) is 0 Å². The molecule has 0 fully saturated rings. The van der Waals surface area contributed by atoms with Crippen LogP contribution < -0.4 is 5.32 Å². The Balaban J connectivity index is 1.68. The molecule has 2 rings (SSSR count). The zero-order chi connectivity index (χ0) is 13.5. The lowest BCUT2D eigenvalue weighted by Crippen LogP contribution is -2.02. The van der Waals surface area contributed by atoms with Gasteiger partial charge in [-0.05, 0) is 59.0 Å². The van der Waals surface area contributed by atoms with Crippen molar-refractivity contribution in [3.8, 4) is 0 Å². The van der Waals surface area contributed by atoms with Crippen molar-refractivity contribution in [2.24, 2.45) is 0 Å². The third-order valence-corrected chi connectivity index (χ3v) is 4.22. The molecule has 0 amide bonds. The third-order valence-electron chi connectivity index (χ3n) is 2.98. The smallest absolute Gasteiger partial charge is 0.0568 e. The van der Waals surface area contributed by atoms with Crippen LogP contribution in [0.25, 0.3) is 0 Å². The van der Waals surface area contributed by atoms with Crippen molar-refractivity contribution in [3.63, 3.8) is 0 Å². The molecule has 0 unspecified atom stereocenters. The van der Waals surface area contributed by atoms with Crippen LogP contribution in [-0.2, 0) is 6.42 Å². The second-order valence-corrected chi connectivity index (χ2v) is 5.76. The van der Waals surface area contributed by atoms with Crippen molar-refractivity contribution in [1.29, 1.82) is 0 Å². The maximum atomic E-state index is 6.05. The molecule has 1 N–H and O–H groups in total. The van der Waals surface area contributed by atoms with Crippen molar-refractivity contribution >= 4 is 33.2 Å². The summed E-state index contributed by atoms with van der Waals surface area (Å²) in [4.78, 5) is 0. The summed E-state index contributed by atoms with van der Waals surface area (Å²) in [6.07, 6.45) is 3.49. The fourth-order valence-corrected chi connectivity index (χ4v) is 2.36. The second-order valence-electron chi connectivity index (χ2n) is 4.50. The van der Waals surface area contributed by atoms with E-state index in [1.807, 2.05) is 18.2 Å². The topological polar surface area (TPSA) is 12.0 Å². The summed E-state index contributed by atoms with van der Waals surface area (Å²) in [5.74, 6) is 0. The summed E-state index contributed by atoms with van der Waals surface area (Å²) in [5.41, 5.74) is 2.49. The van der Waals surface area contributed by atoms with E-state index in [-0.39, 0.29) is 0 Å². The predicted molar refractivity (Wildman–Crippen MR) is 87.0 cm³/mol. The SMILES string of the molecule is Clc1cc(NCCCCc2ccccc2)ccc1Br. The fourth-order valence-electron chi connectivity index (χ4n) is 1.94. The van der Waals surface area contributed by atoms with Gasteiger partial charge in [0.1, 0.15) is 0 Å². The molecule has 2 aromatic carbocycles. The predicted octanol–water partition coefficient (Wildman–Crippen LogP) is 5.54. The lowest BCUT2D eigenvalue weighted by atomic mass is 10.1. The number of nitrogens with one attached hydrogen (secondary N) is 1. The van der Waals surface area contributed by atoms with Gasteiger partial charge in [0.25, 0.3) is 0 Å². The molecule has 0 radical (unpaired) electrons. The maximum absolute atomic E-state index is 6.05. The molecular formula is C16H17BrClN. The molecule has 0 aliphatic heterocycles. The zero-order valence-electron chi connectivity index (χ0n) is 10.7. The number of anilines is 1. The molecule has 0 heterocycles. The van der Waals surface area contributed by atoms with Gasteiger partial charge in [-0.1, -0.05) is 41.9 Å². The number of rotatable bonds is 6. The number of aryl methyl sites for hydroxylation is 1. The van der Waals surface area contributed by atoms with Gasteiger partial charge in [0, 0.05) is 16.7 Å². The van der Waals surface area contributed by atoms with E-state index in [1.165, 1.54) is 12.0 Å². The first-order valence-corrected chi connectivity index (χ1v) is 7.65. The van der Waals surface area contributed by atoms with Gasteiger partial charge in [0.05, 0.1) is 5.02 Å². The van der Waals surface area contributed by atoms with E-state index in [0.29, 0.717) is 0 Å². The minimum absolute atomic E-state index is 0.745. The molecule has 2 aromatic rings. The van der Waals surface area contributed by atoms with Gasteiger partial charge in [0.15, 0.2) is 0 Å². The fraction of sp³-hybridized carbons (Fsp3) is 0.250. The number of unbranched alkanes of at least 4 members (excludes halogenated alkanes) is 1. The lowest BCUT2D eigenvalue weighted by molar-refractivity contribution is 0.763. The molecule has 0 aliphatic carbocycles. The van der Waals surface area contributed by atoms with E-state index < -0.39 is 0 Å². The Kier molecular flexibility index (Phi) is 5.74. The molecular weight excluding hydrogens is 322 g/mol. The van der Waals surface area contributed by atoms with Crippen molar-refractivity contribution in [2.45, 2.75) is 19.3 Å². The third kappa shape index (κ3) is 4.88. The summed E-state index contributed by atoms with van der Waals surface area (Å²) >= 11 is 9.44. The van der Waals surface area contributed by atoms with Crippen LogP contribution in [0.15, 0.2) is 53.0 Å². The number of benzene rings is 2. The molecule has 0 spiro atoms. The lowest BCUT2D eigenvalue weighted by Gasteiger charge is -2.07. The normalized spacial score (nSPS) is 10.4. The largest absolute Gasteiger partial charge is 0.385 e. The van der Waals surface area contributed by atoms with Crippen LogP contribution in [-0.4, -0.2) is 6.54 Å². The Labute approximate surface area is 128 Å². The summed E-state index contributed by atoms with van der Waals surface area (Å²) in [6, 6.07) is 16.6. The van der Waals surface area contributed by atoms with Crippen LogP contribution in [0.4, 0.5) is 5.69 Å². The molecule has 0 aromatic heterocycles. The van der Waals surface area contributed by atoms with Crippen LogP contribution in [0.3, 0.4) is 0 Å². The highest BCUT2D eigenvalue weighted by molar-refractivity contribution is 9.10. The quantitative estimate of drug-likeness (QED) is 0.682. The first-order valence-electron chi connectivity index (χ1n) is 6.48. The van der Waals surface area contributed by atoms with E-state index >= 15 is 0 Å². The molecule has 19 heavy (non-hydrogen) atoms. The molecule has 0 bridgehead atoms. The molecule has 0 aliphatic rings. The van der Waals surface area contributed by atoms with Gasteiger partial charge >= 0.3 is 0 Å². The van der Waals surface area contributed by atoms with Crippen molar-refractivity contribution in [2.75, 3.05) is 11.9 Å². The average molecular weight is 339 g/mol. The first kappa shape index (κ1) is 14.4. The highest BCUT2D eigenvalue weighted by Gasteiger charge is 1.98. The van der Waals surface area contributed by atoms with Crippen molar-refractivity contribution < 1.29 is 0 Å². The van der Waals surface area contributed by atoms with Gasteiger partial charge in [0.2, 0.25) is 0 Å². The molecule has 0 atom stereocenters. The van der Waals surface area contributed by atoms with Crippen LogP contribution in [0, 0.1) is 0 Å². The van der Waals surface area contributed by atoms with E-state index in [1.54, 1.807) is 0 Å². The molecule has 0 saturated heterocycles. The number of halogens is 2. The Morgan fingerprint density at radius 2 is 1.79 bits per heavy atom. The van der Waals surface area contributed by atoms with Gasteiger partial charge in [-0.3, -0.25) is 0 Å². The average Bonchev–Trinajstić information content (AvgIpc) is 2.43. The van der Waals surface area contributed by atoms with Crippen LogP contribution in [0.1, 0.15) is 18.4 Å². The monoisotopic (exact) mass is 337 g/mol. The van der Waals surface area contributed by atoms with Gasteiger partial charge in [-0.25, -0.2) is 0 Å². The Morgan fingerprint density at radius 3 is 2.53 bits per heavy atom. The number of hydrogen-bond acceptors (Lipinski definition) is 1. The Hall–Kier alpha value is -0.990. The molecule has 1 nitrogen and oxygen atoms in total. The van der Waals surface area contributed by atoms with E-state index in [4.69, 9.17) is 11.6 Å². The van der Waals surface area contributed by atoms with Crippen LogP contribution in [0.2, 0.25) is 5.02 Å². The highest BCUT2D eigenvalue weighted by atomic mass is 79.9. The van der Waals surface area contributed by atoms with Gasteiger partial charge in [-0.15, -0.1) is 0 Å². The summed E-state index contributed by atoms with van der Waals surface area (Å²) in [7, 11) is 0. The summed E-state index contributed by atoms with van der Waals surface area (Å²) in [5, 5.41) is 4.14. The Bertz CT molecular complexity index is 513. The molecule has 0 saturated carbocycles. The van der Waals surface area contributed by atoms with Gasteiger partial charge in [-0.2, -0.15) is 0 Å².